The van der Waals surface area contributed by atoms with Crippen molar-refractivity contribution in [3.8, 4) is 11.5 Å². The van der Waals surface area contributed by atoms with Crippen LogP contribution in [0.5, 0.6) is 11.5 Å². The Morgan fingerprint density at radius 3 is 2.61 bits per heavy atom. The van der Waals surface area contributed by atoms with Crippen LogP contribution in [0.4, 0.5) is 5.69 Å². The van der Waals surface area contributed by atoms with Gasteiger partial charge in [0, 0.05) is 23.7 Å². The van der Waals surface area contributed by atoms with Gasteiger partial charge in [0.25, 0.3) is 5.91 Å². The first kappa shape index (κ1) is 20.4. The number of ether oxygens (including phenoxy) is 2. The summed E-state index contributed by atoms with van der Waals surface area (Å²) in [5, 5.41) is 12.7. The fourth-order valence-electron chi connectivity index (χ4n) is 2.75. The SMILES string of the molecule is COc1ccc(C(=O)Nc2cc(Cl)ccc2O)cc1S(=O)(=O)N1CCOCC1. The number of phenols is 1. The van der Waals surface area contributed by atoms with Crippen LogP contribution < -0.4 is 10.1 Å². The van der Waals surface area contributed by atoms with Crippen molar-refractivity contribution in [2.24, 2.45) is 0 Å². The molecule has 3 rings (SSSR count). The van der Waals surface area contributed by atoms with E-state index in [1.54, 1.807) is 0 Å². The molecule has 1 aliphatic heterocycles. The fourth-order valence-corrected chi connectivity index (χ4v) is 4.51. The number of amides is 1. The van der Waals surface area contributed by atoms with Gasteiger partial charge in [-0.05, 0) is 36.4 Å². The molecule has 2 aromatic rings. The van der Waals surface area contributed by atoms with Gasteiger partial charge in [0.05, 0.1) is 26.0 Å². The van der Waals surface area contributed by atoms with Gasteiger partial charge in [0.15, 0.2) is 0 Å². The van der Waals surface area contributed by atoms with Crippen LogP contribution in [-0.4, -0.2) is 57.1 Å². The maximum absolute atomic E-state index is 13.0. The number of halogens is 1. The minimum atomic E-state index is -3.87. The number of morpholine rings is 1. The van der Waals surface area contributed by atoms with Crippen molar-refractivity contribution in [1.29, 1.82) is 0 Å². The van der Waals surface area contributed by atoms with E-state index in [1.807, 2.05) is 0 Å². The number of rotatable bonds is 5. The minimum Gasteiger partial charge on any atom is -0.506 e. The van der Waals surface area contributed by atoms with Crippen molar-refractivity contribution in [3.05, 3.63) is 47.0 Å². The molecule has 10 heteroatoms. The lowest BCUT2D eigenvalue weighted by Crippen LogP contribution is -2.40. The van der Waals surface area contributed by atoms with Crippen LogP contribution >= 0.6 is 11.6 Å². The summed E-state index contributed by atoms with van der Waals surface area (Å²) in [7, 11) is -2.51. The van der Waals surface area contributed by atoms with E-state index in [2.05, 4.69) is 5.32 Å². The van der Waals surface area contributed by atoms with Crippen LogP contribution in [0.2, 0.25) is 5.02 Å². The van der Waals surface area contributed by atoms with Gasteiger partial charge in [0.1, 0.15) is 16.4 Å². The highest BCUT2D eigenvalue weighted by molar-refractivity contribution is 7.89. The van der Waals surface area contributed by atoms with Gasteiger partial charge in [-0.15, -0.1) is 0 Å². The number of nitrogens with zero attached hydrogens (tertiary/aromatic N) is 1. The topological polar surface area (TPSA) is 105 Å². The Morgan fingerprint density at radius 2 is 1.93 bits per heavy atom. The van der Waals surface area contributed by atoms with E-state index in [9.17, 15) is 18.3 Å². The van der Waals surface area contributed by atoms with E-state index in [-0.39, 0.29) is 40.7 Å². The van der Waals surface area contributed by atoms with Crippen molar-refractivity contribution >= 4 is 33.2 Å². The first-order valence-corrected chi connectivity index (χ1v) is 10.2. The van der Waals surface area contributed by atoms with E-state index in [4.69, 9.17) is 21.1 Å². The number of methoxy groups -OCH3 is 1. The summed E-state index contributed by atoms with van der Waals surface area (Å²) >= 11 is 5.88. The molecule has 0 atom stereocenters. The van der Waals surface area contributed by atoms with Crippen LogP contribution in [0.15, 0.2) is 41.3 Å². The van der Waals surface area contributed by atoms with E-state index in [1.165, 1.54) is 47.8 Å². The first-order valence-electron chi connectivity index (χ1n) is 8.38. The number of hydrogen-bond acceptors (Lipinski definition) is 6. The summed E-state index contributed by atoms with van der Waals surface area (Å²) in [6.07, 6.45) is 0. The van der Waals surface area contributed by atoms with E-state index >= 15 is 0 Å². The summed E-state index contributed by atoms with van der Waals surface area (Å²) in [4.78, 5) is 12.5. The Balaban J connectivity index is 1.94. The van der Waals surface area contributed by atoms with Gasteiger partial charge in [-0.3, -0.25) is 4.79 Å². The number of anilines is 1. The molecule has 0 bridgehead atoms. The fraction of sp³-hybridized carbons (Fsp3) is 0.278. The maximum Gasteiger partial charge on any atom is 0.255 e. The highest BCUT2D eigenvalue weighted by atomic mass is 35.5. The summed E-state index contributed by atoms with van der Waals surface area (Å²) < 4.78 is 37.7. The lowest BCUT2D eigenvalue weighted by atomic mass is 10.2. The molecule has 1 heterocycles. The quantitative estimate of drug-likeness (QED) is 0.711. The number of sulfonamides is 1. The molecule has 1 amide bonds. The molecule has 0 saturated carbocycles. The molecule has 1 saturated heterocycles. The zero-order valence-corrected chi connectivity index (χ0v) is 16.6. The number of carbonyl (C=O) groups is 1. The monoisotopic (exact) mass is 426 g/mol. The predicted molar refractivity (Wildman–Crippen MR) is 104 cm³/mol. The average Bonchev–Trinajstić information content (AvgIpc) is 2.70. The van der Waals surface area contributed by atoms with Gasteiger partial charge in [0.2, 0.25) is 10.0 Å². The Bertz CT molecular complexity index is 990. The highest BCUT2D eigenvalue weighted by Crippen LogP contribution is 2.30. The molecule has 0 aromatic heterocycles. The summed E-state index contributed by atoms with van der Waals surface area (Å²) in [6, 6.07) is 8.33. The van der Waals surface area contributed by atoms with Crippen LogP contribution in [0.3, 0.4) is 0 Å². The molecule has 2 aromatic carbocycles. The number of benzene rings is 2. The minimum absolute atomic E-state index is 0.0898. The largest absolute Gasteiger partial charge is 0.506 e. The second-order valence-corrected chi connectivity index (χ2v) is 8.34. The summed E-state index contributed by atoms with van der Waals surface area (Å²) in [5.41, 5.74) is 0.206. The number of nitrogens with one attached hydrogen (secondary N) is 1. The van der Waals surface area contributed by atoms with Gasteiger partial charge >= 0.3 is 0 Å². The van der Waals surface area contributed by atoms with E-state index in [0.717, 1.165) is 0 Å². The van der Waals surface area contributed by atoms with Gasteiger partial charge in [-0.2, -0.15) is 4.31 Å². The second-order valence-electron chi connectivity index (χ2n) is 6.00. The van der Waals surface area contributed by atoms with Crippen LogP contribution in [0.1, 0.15) is 10.4 Å². The molecule has 0 unspecified atom stereocenters. The predicted octanol–water partition coefficient (Wildman–Crippen LogP) is 2.33. The Labute approximate surface area is 167 Å². The van der Waals surface area contributed by atoms with Crippen molar-refractivity contribution in [3.63, 3.8) is 0 Å². The second kappa shape index (κ2) is 8.36. The molecular weight excluding hydrogens is 408 g/mol. The molecule has 28 heavy (non-hydrogen) atoms. The third kappa shape index (κ3) is 4.22. The smallest absolute Gasteiger partial charge is 0.255 e. The molecule has 0 aliphatic carbocycles. The molecule has 150 valence electrons. The van der Waals surface area contributed by atoms with Crippen molar-refractivity contribution in [2.45, 2.75) is 4.90 Å². The van der Waals surface area contributed by atoms with Gasteiger partial charge in [-0.25, -0.2) is 8.42 Å². The molecule has 1 aliphatic rings. The molecule has 0 radical (unpaired) electrons. The van der Waals surface area contributed by atoms with E-state index < -0.39 is 15.9 Å². The Kier molecular flexibility index (Phi) is 6.09. The number of phenolic OH excluding ortho intramolecular Hbond substituents is 1. The zero-order chi connectivity index (χ0) is 20.3. The van der Waals surface area contributed by atoms with Crippen LogP contribution in [-0.2, 0) is 14.8 Å². The normalized spacial score (nSPS) is 15.2. The van der Waals surface area contributed by atoms with Gasteiger partial charge < -0.3 is 19.9 Å². The number of carbonyl (C=O) groups excluding carboxylic acids is 1. The summed E-state index contributed by atoms with van der Waals surface area (Å²) in [6.45, 7) is 1.04. The summed E-state index contributed by atoms with van der Waals surface area (Å²) in [5.74, 6) is -0.625. The third-order valence-corrected chi connectivity index (χ3v) is 6.38. The highest BCUT2D eigenvalue weighted by Gasteiger charge is 2.30. The maximum atomic E-state index is 13.0. The first-order chi connectivity index (χ1) is 13.3. The standard InChI is InChI=1S/C18H19ClN2O6S/c1-26-16-5-2-12(18(23)20-14-11-13(19)3-4-15(14)22)10-17(16)28(24,25)21-6-8-27-9-7-21/h2-5,10-11,22H,6-9H2,1H3,(H,20,23). The Morgan fingerprint density at radius 1 is 1.21 bits per heavy atom. The Hall–Kier alpha value is -2.33. The number of aromatic hydroxyl groups is 1. The van der Waals surface area contributed by atoms with Gasteiger partial charge in [-0.1, -0.05) is 11.6 Å². The van der Waals surface area contributed by atoms with Crippen LogP contribution in [0.25, 0.3) is 0 Å². The average molecular weight is 427 g/mol. The van der Waals surface area contributed by atoms with Crippen molar-refractivity contribution in [2.75, 3.05) is 38.7 Å². The third-order valence-electron chi connectivity index (χ3n) is 4.22. The van der Waals surface area contributed by atoms with E-state index in [0.29, 0.717) is 18.2 Å². The van der Waals surface area contributed by atoms with Crippen molar-refractivity contribution < 1.29 is 27.8 Å². The lowest BCUT2D eigenvalue weighted by Gasteiger charge is -2.26. The number of hydrogen-bond donors (Lipinski definition) is 2. The lowest BCUT2D eigenvalue weighted by molar-refractivity contribution is 0.0729. The molecular formula is C18H19ClN2O6S. The molecule has 2 N–H and O–H groups in total. The van der Waals surface area contributed by atoms with Crippen molar-refractivity contribution in [1.82, 2.24) is 4.31 Å². The molecule has 8 nitrogen and oxygen atoms in total. The molecule has 1 fully saturated rings. The molecule has 0 spiro atoms. The zero-order valence-electron chi connectivity index (χ0n) is 15.0. The van der Waals surface area contributed by atoms with Crippen LogP contribution in [0, 0.1) is 0 Å².